The van der Waals surface area contributed by atoms with Crippen molar-refractivity contribution in [2.24, 2.45) is 11.1 Å². The molecule has 0 heterocycles. The molecule has 0 radical (unpaired) electrons. The first-order valence-electron chi connectivity index (χ1n) is 6.42. The van der Waals surface area contributed by atoms with E-state index in [2.05, 4.69) is 0 Å². The lowest BCUT2D eigenvalue weighted by molar-refractivity contribution is -0.119. The van der Waals surface area contributed by atoms with Crippen LogP contribution < -0.4 is 15.4 Å². The highest BCUT2D eigenvalue weighted by Crippen LogP contribution is 2.23. The standard InChI is InChI=1S/C15H24N2O2/c1-15(2,3)13(16)10-14(18)17(4)11-6-8-12(19-5)9-7-11/h6-9,13H,10,16H2,1-5H3. The molecule has 1 unspecified atom stereocenters. The lowest BCUT2D eigenvalue weighted by atomic mass is 9.85. The quantitative estimate of drug-likeness (QED) is 0.908. The van der Waals surface area contributed by atoms with E-state index in [0.717, 1.165) is 11.4 Å². The fourth-order valence-corrected chi connectivity index (χ4v) is 1.58. The Labute approximate surface area is 115 Å². The first-order valence-corrected chi connectivity index (χ1v) is 6.42. The number of nitrogens with two attached hydrogens (primary N) is 1. The van der Waals surface area contributed by atoms with Crippen molar-refractivity contribution in [1.29, 1.82) is 0 Å². The smallest absolute Gasteiger partial charge is 0.228 e. The number of benzene rings is 1. The van der Waals surface area contributed by atoms with Crippen LogP contribution in [0.3, 0.4) is 0 Å². The zero-order valence-electron chi connectivity index (χ0n) is 12.4. The van der Waals surface area contributed by atoms with Crippen LogP contribution in [0.1, 0.15) is 27.2 Å². The van der Waals surface area contributed by atoms with Crippen molar-refractivity contribution in [3.8, 4) is 5.75 Å². The number of hydrogen-bond acceptors (Lipinski definition) is 3. The molecule has 19 heavy (non-hydrogen) atoms. The molecule has 1 aromatic rings. The predicted octanol–water partition coefficient (Wildman–Crippen LogP) is 2.42. The normalized spacial score (nSPS) is 12.9. The molecule has 106 valence electrons. The van der Waals surface area contributed by atoms with Crippen LogP contribution >= 0.6 is 0 Å². The third-order valence-corrected chi connectivity index (χ3v) is 3.34. The molecule has 0 aliphatic heterocycles. The van der Waals surface area contributed by atoms with Crippen LogP contribution in [0.25, 0.3) is 0 Å². The summed E-state index contributed by atoms with van der Waals surface area (Å²) in [6.07, 6.45) is 0.339. The Kier molecular flexibility index (Phi) is 4.95. The molecule has 1 atom stereocenters. The Morgan fingerprint density at radius 2 is 1.84 bits per heavy atom. The van der Waals surface area contributed by atoms with Crippen molar-refractivity contribution in [3.05, 3.63) is 24.3 Å². The maximum atomic E-state index is 12.2. The van der Waals surface area contributed by atoms with Gasteiger partial charge in [0, 0.05) is 25.2 Å². The minimum absolute atomic E-state index is 0.0209. The number of amides is 1. The summed E-state index contributed by atoms with van der Waals surface area (Å²) in [5.41, 5.74) is 6.81. The fourth-order valence-electron chi connectivity index (χ4n) is 1.58. The first-order chi connectivity index (χ1) is 8.75. The van der Waals surface area contributed by atoms with Gasteiger partial charge in [0.2, 0.25) is 5.91 Å². The van der Waals surface area contributed by atoms with Crippen LogP contribution in [0.15, 0.2) is 24.3 Å². The Morgan fingerprint density at radius 1 is 1.32 bits per heavy atom. The monoisotopic (exact) mass is 264 g/mol. The summed E-state index contributed by atoms with van der Waals surface area (Å²) in [5.74, 6) is 0.795. The van der Waals surface area contributed by atoms with Crippen molar-refractivity contribution >= 4 is 11.6 Å². The molecule has 0 aliphatic carbocycles. The van der Waals surface area contributed by atoms with Gasteiger partial charge in [-0.3, -0.25) is 4.79 Å². The highest BCUT2D eigenvalue weighted by Gasteiger charge is 2.24. The Hall–Kier alpha value is -1.55. The fraction of sp³-hybridized carbons (Fsp3) is 0.533. The van der Waals surface area contributed by atoms with E-state index in [4.69, 9.17) is 10.5 Å². The number of methoxy groups -OCH3 is 1. The minimum Gasteiger partial charge on any atom is -0.497 e. The van der Waals surface area contributed by atoms with E-state index in [1.807, 2.05) is 45.0 Å². The van der Waals surface area contributed by atoms with Crippen molar-refractivity contribution in [3.63, 3.8) is 0 Å². The van der Waals surface area contributed by atoms with E-state index >= 15 is 0 Å². The number of anilines is 1. The molecule has 1 amide bonds. The Morgan fingerprint density at radius 3 is 2.26 bits per heavy atom. The minimum atomic E-state index is -0.152. The first kappa shape index (κ1) is 15.5. The Balaban J connectivity index is 2.71. The third-order valence-electron chi connectivity index (χ3n) is 3.34. The summed E-state index contributed by atoms with van der Waals surface area (Å²) in [5, 5.41) is 0. The van der Waals surface area contributed by atoms with E-state index in [0.29, 0.717) is 6.42 Å². The van der Waals surface area contributed by atoms with Crippen LogP contribution in [0, 0.1) is 5.41 Å². The van der Waals surface area contributed by atoms with E-state index in [1.54, 1.807) is 19.1 Å². The van der Waals surface area contributed by atoms with Crippen LogP contribution in [0.5, 0.6) is 5.75 Å². The predicted molar refractivity (Wildman–Crippen MR) is 78.5 cm³/mol. The molecule has 0 aliphatic rings. The second-order valence-electron chi connectivity index (χ2n) is 5.83. The van der Waals surface area contributed by atoms with Gasteiger partial charge in [-0.1, -0.05) is 20.8 Å². The number of hydrogen-bond donors (Lipinski definition) is 1. The van der Waals surface area contributed by atoms with Crippen LogP contribution in [-0.4, -0.2) is 26.1 Å². The molecule has 0 bridgehead atoms. The summed E-state index contributed by atoms with van der Waals surface area (Å²) in [7, 11) is 3.38. The van der Waals surface area contributed by atoms with Gasteiger partial charge >= 0.3 is 0 Å². The average molecular weight is 264 g/mol. The van der Waals surface area contributed by atoms with E-state index in [1.165, 1.54) is 0 Å². The van der Waals surface area contributed by atoms with Gasteiger partial charge in [0.25, 0.3) is 0 Å². The second kappa shape index (κ2) is 6.06. The summed E-state index contributed by atoms with van der Waals surface area (Å²) >= 11 is 0. The van der Waals surface area contributed by atoms with Crippen LogP contribution in [-0.2, 0) is 4.79 Å². The number of ether oxygens (including phenoxy) is 1. The topological polar surface area (TPSA) is 55.6 Å². The summed E-state index contributed by atoms with van der Waals surface area (Å²) in [6, 6.07) is 7.24. The number of carbonyl (C=O) groups is 1. The molecule has 0 aromatic heterocycles. The van der Waals surface area contributed by atoms with Gasteiger partial charge < -0.3 is 15.4 Å². The van der Waals surface area contributed by atoms with Crippen LogP contribution in [0.4, 0.5) is 5.69 Å². The zero-order valence-corrected chi connectivity index (χ0v) is 12.4. The number of rotatable bonds is 4. The highest BCUT2D eigenvalue weighted by atomic mass is 16.5. The maximum absolute atomic E-state index is 12.2. The molecule has 4 heteroatoms. The summed E-state index contributed by atoms with van der Waals surface area (Å²) in [6.45, 7) is 6.12. The molecule has 2 N–H and O–H groups in total. The number of carbonyl (C=O) groups excluding carboxylic acids is 1. The van der Waals surface area contributed by atoms with Crippen molar-refractivity contribution in [2.75, 3.05) is 19.1 Å². The summed E-state index contributed by atoms with van der Waals surface area (Å²) < 4.78 is 5.10. The largest absolute Gasteiger partial charge is 0.497 e. The van der Waals surface area contributed by atoms with Gasteiger partial charge in [-0.2, -0.15) is 0 Å². The lowest BCUT2D eigenvalue weighted by Crippen LogP contribution is -2.40. The molecule has 1 aromatic carbocycles. The molecule has 0 saturated carbocycles. The molecule has 0 fully saturated rings. The number of nitrogens with zero attached hydrogens (tertiary/aromatic N) is 1. The van der Waals surface area contributed by atoms with Gasteiger partial charge in [-0.25, -0.2) is 0 Å². The molecular weight excluding hydrogens is 240 g/mol. The molecule has 1 rings (SSSR count). The van der Waals surface area contributed by atoms with Crippen LogP contribution in [0.2, 0.25) is 0 Å². The molecule has 4 nitrogen and oxygen atoms in total. The van der Waals surface area contributed by atoms with E-state index in [9.17, 15) is 4.79 Å². The average Bonchev–Trinajstić information content (AvgIpc) is 2.36. The summed E-state index contributed by atoms with van der Waals surface area (Å²) in [4.78, 5) is 13.8. The Bertz CT molecular complexity index is 421. The van der Waals surface area contributed by atoms with Crippen molar-refractivity contribution < 1.29 is 9.53 Å². The van der Waals surface area contributed by atoms with Crippen molar-refractivity contribution in [2.45, 2.75) is 33.2 Å². The van der Waals surface area contributed by atoms with Gasteiger partial charge in [0.05, 0.1) is 7.11 Å². The van der Waals surface area contributed by atoms with E-state index < -0.39 is 0 Å². The van der Waals surface area contributed by atoms with Gasteiger partial charge in [-0.05, 0) is 29.7 Å². The molecule has 0 saturated heterocycles. The SMILES string of the molecule is COc1ccc(N(C)C(=O)CC(N)C(C)(C)C)cc1. The van der Waals surface area contributed by atoms with Crippen molar-refractivity contribution in [1.82, 2.24) is 0 Å². The molecule has 0 spiro atoms. The molecular formula is C15H24N2O2. The third kappa shape index (κ3) is 4.24. The zero-order chi connectivity index (χ0) is 14.6. The van der Waals surface area contributed by atoms with Gasteiger partial charge in [0.15, 0.2) is 0 Å². The van der Waals surface area contributed by atoms with Gasteiger partial charge in [0.1, 0.15) is 5.75 Å². The maximum Gasteiger partial charge on any atom is 0.228 e. The van der Waals surface area contributed by atoms with E-state index in [-0.39, 0.29) is 17.4 Å². The lowest BCUT2D eigenvalue weighted by Gasteiger charge is -2.28. The highest BCUT2D eigenvalue weighted by molar-refractivity contribution is 5.93. The van der Waals surface area contributed by atoms with Gasteiger partial charge in [-0.15, -0.1) is 0 Å². The second-order valence-corrected chi connectivity index (χ2v) is 5.83.